The van der Waals surface area contributed by atoms with Gasteiger partial charge in [-0.1, -0.05) is 63.6 Å². The van der Waals surface area contributed by atoms with Crippen LogP contribution in [0.3, 0.4) is 0 Å². The number of halogens is 1. The fourth-order valence-corrected chi connectivity index (χ4v) is 3.86. The average molecular weight is 510 g/mol. The van der Waals surface area contributed by atoms with Gasteiger partial charge in [0.15, 0.2) is 11.5 Å². The van der Waals surface area contributed by atoms with Crippen LogP contribution in [0.15, 0.2) is 30.3 Å². The maximum Gasteiger partial charge on any atom is 0.302 e. The summed E-state index contributed by atoms with van der Waals surface area (Å²) in [6.45, 7) is 12.2. The minimum atomic E-state index is -0.376. The van der Waals surface area contributed by atoms with Crippen molar-refractivity contribution >= 4 is 40.5 Å². The summed E-state index contributed by atoms with van der Waals surface area (Å²) in [5.41, 5.74) is 3.87. The van der Waals surface area contributed by atoms with Gasteiger partial charge in [0.05, 0.1) is 27.4 Å². The third-order valence-electron chi connectivity index (χ3n) is 4.78. The van der Waals surface area contributed by atoms with Gasteiger partial charge >= 0.3 is 5.97 Å². The van der Waals surface area contributed by atoms with Gasteiger partial charge in [-0.3, -0.25) is 4.79 Å². The second-order valence-corrected chi connectivity index (χ2v) is 8.29. The zero-order chi connectivity index (χ0) is 25.8. The summed E-state index contributed by atoms with van der Waals surface area (Å²) in [4.78, 5) is 10.5. The zero-order valence-electron chi connectivity index (χ0n) is 21.3. The third kappa shape index (κ3) is 7.86. The number of fused-ring (bicyclic) bond motifs is 1. The summed E-state index contributed by atoms with van der Waals surface area (Å²) >= 11 is 11.9. The summed E-state index contributed by atoms with van der Waals surface area (Å²) < 4.78 is 21.6. The topological polar surface area (TPSA) is 66.0 Å². The molecule has 1 aliphatic rings. The Labute approximate surface area is 213 Å². The summed E-state index contributed by atoms with van der Waals surface area (Å²) in [5.74, 6) is 1.37. The number of methoxy groups -OCH3 is 2. The molecule has 8 heteroatoms. The van der Waals surface area contributed by atoms with E-state index >= 15 is 0 Å². The number of esters is 1. The van der Waals surface area contributed by atoms with Crippen molar-refractivity contribution in [1.29, 1.82) is 0 Å². The van der Waals surface area contributed by atoms with Gasteiger partial charge in [-0.05, 0) is 36.6 Å². The summed E-state index contributed by atoms with van der Waals surface area (Å²) in [6.07, 6.45) is -0.376. The molecule has 6 nitrogen and oxygen atoms in total. The van der Waals surface area contributed by atoms with Crippen LogP contribution in [0.5, 0.6) is 11.5 Å². The van der Waals surface area contributed by atoms with Gasteiger partial charge < -0.3 is 24.3 Å². The van der Waals surface area contributed by atoms with E-state index in [9.17, 15) is 4.79 Å². The third-order valence-corrected chi connectivity index (χ3v) is 5.22. The molecule has 0 bridgehead atoms. The van der Waals surface area contributed by atoms with E-state index < -0.39 is 0 Å². The lowest BCUT2D eigenvalue weighted by Gasteiger charge is -2.23. The number of benzene rings is 2. The van der Waals surface area contributed by atoms with Gasteiger partial charge in [0.1, 0.15) is 11.1 Å². The van der Waals surface area contributed by atoms with Crippen LogP contribution in [-0.4, -0.2) is 38.4 Å². The molecule has 0 saturated heterocycles. The van der Waals surface area contributed by atoms with Crippen molar-refractivity contribution in [3.63, 3.8) is 0 Å². The Morgan fingerprint density at radius 1 is 1.21 bits per heavy atom. The Morgan fingerprint density at radius 2 is 1.88 bits per heavy atom. The van der Waals surface area contributed by atoms with E-state index in [4.69, 9.17) is 38.0 Å². The van der Waals surface area contributed by atoms with Gasteiger partial charge in [-0.15, -0.1) is 0 Å². The molecule has 34 heavy (non-hydrogen) atoms. The fourth-order valence-electron chi connectivity index (χ4n) is 3.46. The Kier molecular flexibility index (Phi) is 12.9. The quantitative estimate of drug-likeness (QED) is 0.346. The number of ether oxygens (including phenoxy) is 4. The predicted octanol–water partition coefficient (Wildman–Crippen LogP) is 6.94. The molecule has 1 aliphatic heterocycles. The number of hydrogen-bond acceptors (Lipinski definition) is 6. The van der Waals surface area contributed by atoms with Crippen LogP contribution < -0.4 is 14.8 Å². The van der Waals surface area contributed by atoms with Crippen molar-refractivity contribution in [2.45, 2.75) is 53.6 Å². The van der Waals surface area contributed by atoms with Crippen LogP contribution in [0.2, 0.25) is 5.02 Å². The van der Waals surface area contributed by atoms with Crippen LogP contribution >= 0.6 is 23.8 Å². The SMILES string of the molecule is CC.CCOC(C)=O.COc1cccc([C@H]2OCC(=S)Nc3c(C(C)C)cc(Cl)cc32)c1OC. The first-order valence-electron chi connectivity index (χ1n) is 11.3. The number of carbonyl (C=O) groups excluding carboxylic acids is 1. The largest absolute Gasteiger partial charge is 0.493 e. The van der Waals surface area contributed by atoms with Crippen LogP contribution in [-0.2, 0) is 14.3 Å². The number of nitrogens with one attached hydrogen (secondary N) is 1. The summed E-state index contributed by atoms with van der Waals surface area (Å²) in [6, 6.07) is 9.66. The number of anilines is 1. The van der Waals surface area contributed by atoms with E-state index in [0.717, 1.165) is 22.4 Å². The average Bonchev–Trinajstić information content (AvgIpc) is 2.97. The lowest BCUT2D eigenvalue weighted by Crippen LogP contribution is -2.14. The molecule has 0 aliphatic carbocycles. The molecule has 0 aromatic heterocycles. The smallest absolute Gasteiger partial charge is 0.302 e. The van der Waals surface area contributed by atoms with Gasteiger partial charge in [-0.25, -0.2) is 0 Å². The monoisotopic (exact) mass is 509 g/mol. The molecule has 0 radical (unpaired) electrons. The van der Waals surface area contributed by atoms with E-state index in [-0.39, 0.29) is 18.0 Å². The molecule has 0 spiro atoms. The summed E-state index contributed by atoms with van der Waals surface area (Å²) in [7, 11) is 3.24. The molecular weight excluding hydrogens is 474 g/mol. The van der Waals surface area contributed by atoms with Crippen LogP contribution in [0, 0.1) is 0 Å². The van der Waals surface area contributed by atoms with Crippen molar-refractivity contribution in [3.05, 3.63) is 52.0 Å². The second-order valence-electron chi connectivity index (χ2n) is 7.36. The van der Waals surface area contributed by atoms with E-state index in [2.05, 4.69) is 23.9 Å². The fraction of sp³-hybridized carbons (Fsp3) is 0.462. The van der Waals surface area contributed by atoms with Gasteiger partial charge in [0.25, 0.3) is 0 Å². The minimum Gasteiger partial charge on any atom is -0.493 e. The normalized spacial score (nSPS) is 14.3. The lowest BCUT2D eigenvalue weighted by atomic mass is 9.92. The Hall–Kier alpha value is -2.35. The zero-order valence-corrected chi connectivity index (χ0v) is 22.9. The molecule has 3 rings (SSSR count). The predicted molar refractivity (Wildman–Crippen MR) is 143 cm³/mol. The molecule has 0 fully saturated rings. The highest BCUT2D eigenvalue weighted by Gasteiger charge is 2.29. The van der Waals surface area contributed by atoms with Crippen molar-refractivity contribution < 1.29 is 23.7 Å². The van der Waals surface area contributed by atoms with Crippen LogP contribution in [0.4, 0.5) is 5.69 Å². The van der Waals surface area contributed by atoms with Gasteiger partial charge in [0.2, 0.25) is 0 Å². The minimum absolute atomic E-state index is 0.211. The number of hydrogen-bond donors (Lipinski definition) is 1. The van der Waals surface area contributed by atoms with Crippen molar-refractivity contribution in [2.75, 3.05) is 32.8 Å². The highest BCUT2D eigenvalue weighted by molar-refractivity contribution is 7.80. The van der Waals surface area contributed by atoms with Crippen molar-refractivity contribution in [2.24, 2.45) is 0 Å². The highest BCUT2D eigenvalue weighted by atomic mass is 35.5. The first kappa shape index (κ1) is 29.7. The van der Waals surface area contributed by atoms with Crippen LogP contribution in [0.25, 0.3) is 0 Å². The van der Waals surface area contributed by atoms with Crippen molar-refractivity contribution in [1.82, 2.24) is 0 Å². The Balaban J connectivity index is 0.000000631. The van der Waals surface area contributed by atoms with E-state index in [1.54, 1.807) is 21.1 Å². The van der Waals surface area contributed by atoms with Gasteiger partial charge in [0, 0.05) is 28.8 Å². The van der Waals surface area contributed by atoms with Gasteiger partial charge in [-0.2, -0.15) is 0 Å². The molecule has 1 atom stereocenters. The summed E-state index contributed by atoms with van der Waals surface area (Å²) in [5, 5.41) is 4.01. The molecule has 0 saturated carbocycles. The number of thiocarbonyl (C=S) groups is 1. The second kappa shape index (κ2) is 14.8. The molecule has 1 N–H and O–H groups in total. The Morgan fingerprint density at radius 3 is 2.38 bits per heavy atom. The molecule has 0 unspecified atom stereocenters. The molecule has 1 heterocycles. The molecule has 0 amide bonds. The number of rotatable bonds is 5. The van der Waals surface area contributed by atoms with Crippen LogP contribution in [0.1, 0.15) is 70.3 Å². The number of carbonyl (C=O) groups is 1. The standard InChI is InChI=1S/C20H22ClNO3S.C4H8O2.C2H6/c1-11(2)14-8-12(21)9-15-18(14)22-17(26)10-25-19(15)13-6-5-7-16(23-3)20(13)24-4;1-3-6-4(2)5;1-2/h5-9,11,19H,10H2,1-4H3,(H,22,26);3H2,1-2H3;1-2H3/t19-;;/m1../s1. The lowest BCUT2D eigenvalue weighted by molar-refractivity contribution is -0.140. The molecule has 2 aromatic rings. The molecule has 2 aromatic carbocycles. The van der Waals surface area contributed by atoms with E-state index in [0.29, 0.717) is 34.7 Å². The maximum atomic E-state index is 9.82. The van der Waals surface area contributed by atoms with E-state index in [1.807, 2.05) is 44.2 Å². The van der Waals surface area contributed by atoms with Crippen molar-refractivity contribution in [3.8, 4) is 11.5 Å². The number of para-hydroxylation sites is 1. The Bertz CT molecular complexity index is 964. The maximum absolute atomic E-state index is 9.82. The molecular formula is C26H36ClNO5S. The first-order chi connectivity index (χ1) is 16.2. The molecule has 188 valence electrons. The first-order valence-corrected chi connectivity index (χ1v) is 12.1. The highest BCUT2D eigenvalue weighted by Crippen LogP contribution is 2.44. The van der Waals surface area contributed by atoms with E-state index in [1.165, 1.54) is 6.92 Å².